The van der Waals surface area contributed by atoms with Crippen LogP contribution in [0.1, 0.15) is 31.2 Å². The summed E-state index contributed by atoms with van der Waals surface area (Å²) in [5.41, 5.74) is 5.04. The smallest absolute Gasteiger partial charge is 0.119 e. The third-order valence-corrected chi connectivity index (χ3v) is 5.46. The van der Waals surface area contributed by atoms with Crippen molar-refractivity contribution in [2.75, 3.05) is 19.7 Å². The molecule has 3 aromatic rings. The number of hydrogen-bond acceptors (Lipinski definition) is 2. The van der Waals surface area contributed by atoms with Crippen LogP contribution in [0, 0.1) is 12.8 Å². The van der Waals surface area contributed by atoms with Crippen LogP contribution in [0.15, 0.2) is 54.9 Å². The van der Waals surface area contributed by atoms with Gasteiger partial charge in [-0.1, -0.05) is 18.2 Å². The highest BCUT2D eigenvalue weighted by atomic mass is 16.5. The van der Waals surface area contributed by atoms with Crippen molar-refractivity contribution < 1.29 is 4.74 Å². The minimum absolute atomic E-state index is 0.811. The SMILES string of the molecule is Cc1cccn2cc(-c3ccc(OCCCC4CCCNC4)cc3)cc12. The lowest BCUT2D eigenvalue weighted by Gasteiger charge is -2.22. The van der Waals surface area contributed by atoms with Gasteiger partial charge in [-0.25, -0.2) is 0 Å². The van der Waals surface area contributed by atoms with Crippen molar-refractivity contribution in [1.82, 2.24) is 9.72 Å². The molecule has 136 valence electrons. The van der Waals surface area contributed by atoms with Gasteiger partial charge in [-0.2, -0.15) is 0 Å². The van der Waals surface area contributed by atoms with Gasteiger partial charge in [-0.15, -0.1) is 0 Å². The second-order valence-electron chi connectivity index (χ2n) is 7.44. The lowest BCUT2D eigenvalue weighted by molar-refractivity contribution is 0.275. The fourth-order valence-electron chi connectivity index (χ4n) is 3.92. The zero-order chi connectivity index (χ0) is 17.8. The lowest BCUT2D eigenvalue weighted by Crippen LogP contribution is -2.29. The van der Waals surface area contributed by atoms with E-state index in [-0.39, 0.29) is 0 Å². The maximum atomic E-state index is 5.94. The molecule has 1 saturated heterocycles. The molecule has 1 N–H and O–H groups in total. The van der Waals surface area contributed by atoms with E-state index in [1.807, 2.05) is 0 Å². The number of ether oxygens (including phenoxy) is 1. The lowest BCUT2D eigenvalue weighted by atomic mass is 9.95. The van der Waals surface area contributed by atoms with Crippen LogP contribution in [0.3, 0.4) is 0 Å². The van der Waals surface area contributed by atoms with Gasteiger partial charge in [-0.3, -0.25) is 0 Å². The van der Waals surface area contributed by atoms with Crippen LogP contribution in [-0.2, 0) is 0 Å². The highest BCUT2D eigenvalue weighted by Crippen LogP contribution is 2.26. The van der Waals surface area contributed by atoms with Crippen molar-refractivity contribution >= 4 is 5.52 Å². The van der Waals surface area contributed by atoms with Crippen molar-refractivity contribution in [3.05, 3.63) is 60.4 Å². The molecule has 3 heteroatoms. The van der Waals surface area contributed by atoms with Crippen molar-refractivity contribution in [3.63, 3.8) is 0 Å². The average Bonchev–Trinajstić information content (AvgIpc) is 3.12. The van der Waals surface area contributed by atoms with E-state index in [9.17, 15) is 0 Å². The van der Waals surface area contributed by atoms with E-state index in [2.05, 4.69) is 71.5 Å². The Morgan fingerprint density at radius 1 is 1.15 bits per heavy atom. The second kappa shape index (κ2) is 7.96. The first kappa shape index (κ1) is 17.2. The molecule has 4 rings (SSSR count). The van der Waals surface area contributed by atoms with Crippen LogP contribution < -0.4 is 10.1 Å². The molecule has 1 aromatic carbocycles. The summed E-state index contributed by atoms with van der Waals surface area (Å²) in [4.78, 5) is 0. The summed E-state index contributed by atoms with van der Waals surface area (Å²) < 4.78 is 8.13. The molecule has 0 bridgehead atoms. The Balaban J connectivity index is 1.33. The Hall–Kier alpha value is -2.26. The molecule has 1 atom stereocenters. The van der Waals surface area contributed by atoms with E-state index in [0.717, 1.165) is 24.7 Å². The number of aryl methyl sites for hydroxylation is 1. The predicted molar refractivity (Wildman–Crippen MR) is 108 cm³/mol. The quantitative estimate of drug-likeness (QED) is 0.629. The molecule has 1 aliphatic heterocycles. The molecule has 1 unspecified atom stereocenters. The highest BCUT2D eigenvalue weighted by molar-refractivity contribution is 5.72. The maximum Gasteiger partial charge on any atom is 0.119 e. The molecule has 0 spiro atoms. The number of aromatic nitrogens is 1. The van der Waals surface area contributed by atoms with E-state index >= 15 is 0 Å². The summed E-state index contributed by atoms with van der Waals surface area (Å²) in [6, 6.07) is 15.0. The van der Waals surface area contributed by atoms with Gasteiger partial charge in [0.05, 0.1) is 6.61 Å². The Labute approximate surface area is 156 Å². The minimum atomic E-state index is 0.811. The highest BCUT2D eigenvalue weighted by Gasteiger charge is 2.12. The van der Waals surface area contributed by atoms with Crippen molar-refractivity contribution in [2.24, 2.45) is 5.92 Å². The summed E-state index contributed by atoms with van der Waals surface area (Å²) in [7, 11) is 0. The second-order valence-corrected chi connectivity index (χ2v) is 7.44. The Morgan fingerprint density at radius 2 is 2.04 bits per heavy atom. The molecule has 2 aromatic heterocycles. The molecule has 3 heterocycles. The molecule has 0 radical (unpaired) electrons. The molecule has 0 amide bonds. The fourth-order valence-corrected chi connectivity index (χ4v) is 3.92. The number of nitrogens with one attached hydrogen (secondary N) is 1. The summed E-state index contributed by atoms with van der Waals surface area (Å²) in [5, 5.41) is 3.49. The van der Waals surface area contributed by atoms with Gasteiger partial charge in [0.1, 0.15) is 5.75 Å². The zero-order valence-corrected chi connectivity index (χ0v) is 15.6. The first-order chi connectivity index (χ1) is 12.8. The molecule has 0 saturated carbocycles. The number of pyridine rings is 1. The fraction of sp³-hybridized carbons (Fsp3) is 0.391. The normalized spacial score (nSPS) is 17.5. The van der Waals surface area contributed by atoms with Crippen LogP contribution in [0.2, 0.25) is 0 Å². The molecular weight excluding hydrogens is 320 g/mol. The van der Waals surface area contributed by atoms with E-state index in [4.69, 9.17) is 4.74 Å². The van der Waals surface area contributed by atoms with Gasteiger partial charge in [0, 0.05) is 23.5 Å². The summed E-state index contributed by atoms with van der Waals surface area (Å²) in [6.07, 6.45) is 9.39. The predicted octanol–water partition coefficient (Wildman–Crippen LogP) is 5.07. The van der Waals surface area contributed by atoms with Crippen LogP contribution in [-0.4, -0.2) is 24.1 Å². The van der Waals surface area contributed by atoms with Crippen LogP contribution in [0.5, 0.6) is 5.75 Å². The van der Waals surface area contributed by atoms with Gasteiger partial charge in [0.15, 0.2) is 0 Å². The number of benzene rings is 1. The Morgan fingerprint density at radius 3 is 2.81 bits per heavy atom. The third-order valence-electron chi connectivity index (χ3n) is 5.46. The number of piperidine rings is 1. The van der Waals surface area contributed by atoms with Crippen molar-refractivity contribution in [2.45, 2.75) is 32.6 Å². The van der Waals surface area contributed by atoms with Crippen molar-refractivity contribution in [3.8, 4) is 16.9 Å². The molecule has 3 nitrogen and oxygen atoms in total. The third kappa shape index (κ3) is 3.94. The Bertz CT molecular complexity index is 844. The first-order valence-corrected chi connectivity index (χ1v) is 9.81. The molecule has 26 heavy (non-hydrogen) atoms. The van der Waals surface area contributed by atoms with Crippen molar-refractivity contribution in [1.29, 1.82) is 0 Å². The van der Waals surface area contributed by atoms with Gasteiger partial charge >= 0.3 is 0 Å². The van der Waals surface area contributed by atoms with E-state index in [0.29, 0.717) is 0 Å². The molecule has 0 aliphatic carbocycles. The average molecular weight is 348 g/mol. The monoisotopic (exact) mass is 348 g/mol. The van der Waals surface area contributed by atoms with Gasteiger partial charge in [0.2, 0.25) is 0 Å². The standard InChI is InChI=1S/C23H28N2O/c1-18-5-3-13-25-17-21(15-23(18)25)20-8-10-22(11-9-20)26-14-4-7-19-6-2-12-24-16-19/h3,5,8-11,13,15,17,19,24H,2,4,6-7,12,14,16H2,1H3. The van der Waals surface area contributed by atoms with Crippen LogP contribution >= 0.6 is 0 Å². The van der Waals surface area contributed by atoms with Crippen LogP contribution in [0.4, 0.5) is 0 Å². The van der Waals surface area contributed by atoms with Crippen LogP contribution in [0.25, 0.3) is 16.6 Å². The van der Waals surface area contributed by atoms with E-state index in [1.54, 1.807) is 0 Å². The molecule has 1 fully saturated rings. The maximum absolute atomic E-state index is 5.94. The zero-order valence-electron chi connectivity index (χ0n) is 15.6. The van der Waals surface area contributed by atoms with Gasteiger partial charge < -0.3 is 14.5 Å². The Kier molecular flexibility index (Phi) is 5.26. The minimum Gasteiger partial charge on any atom is -0.494 e. The number of nitrogens with zero attached hydrogens (tertiary/aromatic N) is 1. The summed E-state index contributed by atoms with van der Waals surface area (Å²) in [6.45, 7) is 5.33. The van der Waals surface area contributed by atoms with E-state index < -0.39 is 0 Å². The topological polar surface area (TPSA) is 25.7 Å². The number of rotatable bonds is 6. The first-order valence-electron chi connectivity index (χ1n) is 9.81. The molecular formula is C23H28N2O. The van der Waals surface area contributed by atoms with E-state index in [1.165, 1.54) is 54.6 Å². The summed E-state index contributed by atoms with van der Waals surface area (Å²) >= 11 is 0. The number of fused-ring (bicyclic) bond motifs is 1. The summed E-state index contributed by atoms with van der Waals surface area (Å²) in [5.74, 6) is 1.80. The molecule has 1 aliphatic rings. The largest absolute Gasteiger partial charge is 0.494 e. The number of hydrogen-bond donors (Lipinski definition) is 1. The van der Waals surface area contributed by atoms with Gasteiger partial charge in [-0.05, 0) is 87.0 Å². The van der Waals surface area contributed by atoms with Gasteiger partial charge in [0.25, 0.3) is 0 Å².